The molecule has 6 nitrogen and oxygen atoms in total. The number of aliphatic hydroxyl groups is 1. The number of carbonyl (C=O) groups is 2. The largest absolute Gasteiger partial charge is 0.507 e. The number of nitrogens with zero attached hydrogens (tertiary/aromatic N) is 1. The van der Waals surface area contributed by atoms with Crippen molar-refractivity contribution >= 4 is 17.4 Å². The fourth-order valence-electron chi connectivity index (χ4n) is 4.54. The molecule has 2 aliphatic heterocycles. The summed E-state index contributed by atoms with van der Waals surface area (Å²) in [4.78, 5) is 27.8. The van der Waals surface area contributed by atoms with Gasteiger partial charge in [0.2, 0.25) is 0 Å². The molecule has 0 spiro atoms. The van der Waals surface area contributed by atoms with Crippen LogP contribution in [-0.2, 0) is 20.7 Å². The Hall–Kier alpha value is -3.12. The zero-order chi connectivity index (χ0) is 23.5. The lowest BCUT2D eigenvalue weighted by Crippen LogP contribution is -2.31. The first-order chi connectivity index (χ1) is 15.9. The maximum atomic E-state index is 13.2. The van der Waals surface area contributed by atoms with Gasteiger partial charge in [-0.25, -0.2) is 0 Å². The van der Waals surface area contributed by atoms with E-state index in [2.05, 4.69) is 0 Å². The van der Waals surface area contributed by atoms with E-state index in [0.29, 0.717) is 31.7 Å². The third-order valence-electron chi connectivity index (χ3n) is 6.20. The monoisotopic (exact) mass is 449 g/mol. The van der Waals surface area contributed by atoms with E-state index in [9.17, 15) is 14.7 Å². The zero-order valence-corrected chi connectivity index (χ0v) is 19.5. The van der Waals surface area contributed by atoms with Gasteiger partial charge < -0.3 is 19.5 Å². The minimum atomic E-state index is -0.653. The van der Waals surface area contributed by atoms with E-state index in [4.69, 9.17) is 9.47 Å². The lowest BCUT2D eigenvalue weighted by molar-refractivity contribution is -0.140. The second kappa shape index (κ2) is 9.79. The summed E-state index contributed by atoms with van der Waals surface area (Å²) in [6, 6.07) is 12.5. The molecule has 1 N–H and O–H groups in total. The average Bonchev–Trinajstić information content (AvgIpc) is 3.06. The smallest absolute Gasteiger partial charge is 0.295 e. The average molecular weight is 450 g/mol. The number of hydrogen-bond donors (Lipinski definition) is 1. The number of fused-ring (bicyclic) bond motifs is 1. The van der Waals surface area contributed by atoms with Crippen LogP contribution in [-0.4, -0.2) is 47.6 Å². The molecule has 2 heterocycles. The third kappa shape index (κ3) is 4.67. The minimum absolute atomic E-state index is 0.0977. The number of aryl methyl sites for hydroxylation is 2. The molecule has 0 aromatic heterocycles. The molecule has 2 aromatic carbocycles. The topological polar surface area (TPSA) is 76.1 Å². The number of ketones is 1. The van der Waals surface area contributed by atoms with Gasteiger partial charge in [-0.3, -0.25) is 9.59 Å². The Kier molecular flexibility index (Phi) is 6.84. The van der Waals surface area contributed by atoms with Gasteiger partial charge in [-0.2, -0.15) is 0 Å². The third-order valence-corrected chi connectivity index (χ3v) is 6.20. The van der Waals surface area contributed by atoms with Gasteiger partial charge >= 0.3 is 0 Å². The molecule has 2 aromatic rings. The van der Waals surface area contributed by atoms with Crippen molar-refractivity contribution in [1.82, 2.24) is 4.90 Å². The Morgan fingerprint density at radius 1 is 1.21 bits per heavy atom. The van der Waals surface area contributed by atoms with Crippen LogP contribution in [0.15, 0.2) is 48.0 Å². The maximum Gasteiger partial charge on any atom is 0.295 e. The molecule has 2 aliphatic rings. The number of rotatable bonds is 7. The number of likely N-dealkylation sites (tertiary alicyclic amines) is 1. The van der Waals surface area contributed by atoms with Gasteiger partial charge in [0.25, 0.3) is 11.7 Å². The summed E-state index contributed by atoms with van der Waals surface area (Å²) in [5.41, 5.74) is 3.45. The Morgan fingerprint density at radius 3 is 2.76 bits per heavy atom. The highest BCUT2D eigenvalue weighted by atomic mass is 16.5. The Labute approximate surface area is 194 Å². The number of Topliss-reactive ketones (excluding diaryl/α,β-unsaturated/α-hetero) is 1. The molecule has 1 fully saturated rings. The first-order valence-electron chi connectivity index (χ1n) is 11.6. The molecule has 4 rings (SSSR count). The van der Waals surface area contributed by atoms with Crippen LogP contribution in [0.1, 0.15) is 55.0 Å². The van der Waals surface area contributed by atoms with Crippen LogP contribution < -0.4 is 4.74 Å². The van der Waals surface area contributed by atoms with Crippen LogP contribution in [0.5, 0.6) is 5.75 Å². The molecule has 1 amide bonds. The molecular weight excluding hydrogens is 418 g/mol. The zero-order valence-electron chi connectivity index (χ0n) is 19.5. The van der Waals surface area contributed by atoms with Gasteiger partial charge in [0.1, 0.15) is 11.5 Å². The van der Waals surface area contributed by atoms with Crippen molar-refractivity contribution < 1.29 is 24.2 Å². The van der Waals surface area contributed by atoms with Gasteiger partial charge in [-0.1, -0.05) is 24.3 Å². The molecule has 174 valence electrons. The molecule has 0 radical (unpaired) electrons. The van der Waals surface area contributed by atoms with Gasteiger partial charge in [-0.05, 0) is 74.9 Å². The highest BCUT2D eigenvalue weighted by Gasteiger charge is 2.46. The van der Waals surface area contributed by atoms with E-state index in [0.717, 1.165) is 35.3 Å². The molecule has 6 heteroatoms. The Balaban J connectivity index is 1.75. The highest BCUT2D eigenvalue weighted by molar-refractivity contribution is 6.46. The predicted molar refractivity (Wildman–Crippen MR) is 126 cm³/mol. The number of ether oxygens (including phenoxy) is 2. The van der Waals surface area contributed by atoms with Gasteiger partial charge in [0.05, 0.1) is 24.3 Å². The molecule has 0 saturated carbocycles. The van der Waals surface area contributed by atoms with Crippen molar-refractivity contribution in [1.29, 1.82) is 0 Å². The van der Waals surface area contributed by atoms with Crippen LogP contribution in [0.3, 0.4) is 0 Å². The van der Waals surface area contributed by atoms with Gasteiger partial charge in [-0.15, -0.1) is 0 Å². The number of amides is 1. The van der Waals surface area contributed by atoms with Crippen LogP contribution in [0.25, 0.3) is 5.76 Å². The Bertz CT molecular complexity index is 1090. The van der Waals surface area contributed by atoms with Crippen LogP contribution >= 0.6 is 0 Å². The van der Waals surface area contributed by atoms with Crippen LogP contribution in [0, 0.1) is 6.92 Å². The summed E-state index contributed by atoms with van der Waals surface area (Å²) in [5, 5.41) is 11.3. The molecule has 0 bridgehead atoms. The maximum absolute atomic E-state index is 13.2. The summed E-state index contributed by atoms with van der Waals surface area (Å²) in [6.45, 7) is 7.41. The van der Waals surface area contributed by atoms with E-state index < -0.39 is 17.7 Å². The van der Waals surface area contributed by atoms with Gasteiger partial charge in [0, 0.05) is 18.7 Å². The van der Waals surface area contributed by atoms with E-state index in [1.807, 2.05) is 57.2 Å². The summed E-state index contributed by atoms with van der Waals surface area (Å²) >= 11 is 0. The molecule has 33 heavy (non-hydrogen) atoms. The molecule has 1 atom stereocenters. The van der Waals surface area contributed by atoms with Crippen molar-refractivity contribution in [3.63, 3.8) is 0 Å². The van der Waals surface area contributed by atoms with Crippen molar-refractivity contribution in [3.05, 3.63) is 70.3 Å². The SMILES string of the molecule is Cc1ccccc1C1/C(=C(\O)c2ccc3c(c2)CCCO3)C(=O)C(=O)N1CCCOC(C)C. The fourth-order valence-corrected chi connectivity index (χ4v) is 4.54. The summed E-state index contributed by atoms with van der Waals surface area (Å²) in [5.74, 6) is -0.579. The molecule has 1 unspecified atom stereocenters. The van der Waals surface area contributed by atoms with E-state index >= 15 is 0 Å². The minimum Gasteiger partial charge on any atom is -0.507 e. The normalized spacial score (nSPS) is 19.6. The lowest BCUT2D eigenvalue weighted by Gasteiger charge is -2.27. The van der Waals surface area contributed by atoms with Crippen molar-refractivity contribution in [2.45, 2.75) is 52.2 Å². The summed E-state index contributed by atoms with van der Waals surface area (Å²) < 4.78 is 11.3. The number of hydrogen-bond acceptors (Lipinski definition) is 5. The number of aliphatic hydroxyl groups excluding tert-OH is 1. The van der Waals surface area contributed by atoms with Crippen LogP contribution in [0.4, 0.5) is 0 Å². The first kappa shape index (κ1) is 23.1. The van der Waals surface area contributed by atoms with E-state index in [1.54, 1.807) is 11.0 Å². The van der Waals surface area contributed by atoms with Crippen molar-refractivity contribution in [3.8, 4) is 5.75 Å². The fraction of sp³-hybridized carbons (Fsp3) is 0.407. The highest BCUT2D eigenvalue weighted by Crippen LogP contribution is 2.41. The van der Waals surface area contributed by atoms with Crippen molar-refractivity contribution in [2.24, 2.45) is 0 Å². The predicted octanol–water partition coefficient (Wildman–Crippen LogP) is 4.56. The standard InChI is InChI=1S/C27H31NO5/c1-17(2)32-15-7-13-28-24(21-10-5-4-8-18(21)3)23(26(30)27(28)31)25(29)20-11-12-22-19(16-20)9-6-14-33-22/h4-5,8,10-12,16-17,24,29H,6-7,9,13-15H2,1-3H3/b25-23+. The molecule has 1 saturated heterocycles. The molecule has 0 aliphatic carbocycles. The number of benzene rings is 2. The lowest BCUT2D eigenvalue weighted by atomic mass is 9.92. The number of carbonyl (C=O) groups excluding carboxylic acids is 2. The van der Waals surface area contributed by atoms with Crippen molar-refractivity contribution in [2.75, 3.05) is 19.8 Å². The second-order valence-corrected chi connectivity index (χ2v) is 8.90. The Morgan fingerprint density at radius 2 is 2.00 bits per heavy atom. The van der Waals surface area contributed by atoms with E-state index in [1.165, 1.54) is 0 Å². The summed E-state index contributed by atoms with van der Waals surface area (Å²) in [6.07, 6.45) is 2.45. The quantitative estimate of drug-likeness (QED) is 0.290. The van der Waals surface area contributed by atoms with Crippen LogP contribution in [0.2, 0.25) is 0 Å². The van der Waals surface area contributed by atoms with Gasteiger partial charge in [0.15, 0.2) is 0 Å². The van der Waals surface area contributed by atoms with E-state index in [-0.39, 0.29) is 17.4 Å². The second-order valence-electron chi connectivity index (χ2n) is 8.90. The summed E-state index contributed by atoms with van der Waals surface area (Å²) in [7, 11) is 0. The first-order valence-corrected chi connectivity index (χ1v) is 11.6. The molecular formula is C27H31NO5.